The van der Waals surface area contributed by atoms with Gasteiger partial charge in [0.2, 0.25) is 0 Å². The molecule has 2 aromatic rings. The highest BCUT2D eigenvalue weighted by molar-refractivity contribution is 9.10. The van der Waals surface area contributed by atoms with Gasteiger partial charge in [0.1, 0.15) is 11.4 Å². The van der Waals surface area contributed by atoms with E-state index in [0.29, 0.717) is 23.5 Å². The fourth-order valence-corrected chi connectivity index (χ4v) is 1.51. The second kappa shape index (κ2) is 4.49. The Kier molecular flexibility index (Phi) is 3.05. The number of pyridine rings is 1. The molecule has 0 spiro atoms. The van der Waals surface area contributed by atoms with Crippen LogP contribution in [0.5, 0.6) is 0 Å². The fourth-order valence-electron chi connectivity index (χ4n) is 1.28. The molecule has 0 saturated carbocycles. The molecular formula is C11H8BrN3O. The molecule has 0 fully saturated rings. The average Bonchev–Trinajstić information content (AvgIpc) is 2.29. The maximum absolute atomic E-state index is 10.7. The maximum Gasteiger partial charge on any atom is 0.179 e. The van der Waals surface area contributed by atoms with Gasteiger partial charge in [0.05, 0.1) is 0 Å². The number of aryl methyl sites for hydroxylation is 1. The van der Waals surface area contributed by atoms with Gasteiger partial charge in [-0.05, 0) is 41.1 Å². The zero-order valence-corrected chi connectivity index (χ0v) is 10.1. The molecule has 0 amide bonds. The van der Waals surface area contributed by atoms with Crippen molar-refractivity contribution >= 4 is 22.2 Å². The molecule has 0 N–H and O–H groups in total. The zero-order valence-electron chi connectivity index (χ0n) is 8.51. The van der Waals surface area contributed by atoms with Crippen LogP contribution in [0, 0.1) is 6.92 Å². The van der Waals surface area contributed by atoms with Gasteiger partial charge in [-0.2, -0.15) is 0 Å². The first-order valence-corrected chi connectivity index (χ1v) is 5.41. The molecule has 16 heavy (non-hydrogen) atoms. The molecule has 0 radical (unpaired) electrons. The van der Waals surface area contributed by atoms with E-state index in [1.165, 1.54) is 0 Å². The molecule has 2 aromatic heterocycles. The number of halogens is 1. The topological polar surface area (TPSA) is 55.7 Å². The van der Waals surface area contributed by atoms with E-state index in [4.69, 9.17) is 0 Å². The number of hydrogen-bond donors (Lipinski definition) is 0. The van der Waals surface area contributed by atoms with Crippen LogP contribution >= 0.6 is 15.9 Å². The van der Waals surface area contributed by atoms with Crippen molar-refractivity contribution in [1.29, 1.82) is 0 Å². The SMILES string of the molecule is Cc1cc(C=O)nc(-c2ccc(Br)cn2)n1. The van der Waals surface area contributed by atoms with Crippen LogP contribution in [0.4, 0.5) is 0 Å². The summed E-state index contributed by atoms with van der Waals surface area (Å²) in [5.74, 6) is 0.467. The number of aromatic nitrogens is 3. The summed E-state index contributed by atoms with van der Waals surface area (Å²) in [5.41, 5.74) is 1.76. The van der Waals surface area contributed by atoms with Crippen molar-refractivity contribution in [2.75, 3.05) is 0 Å². The normalized spacial score (nSPS) is 10.1. The predicted octanol–water partition coefficient (Wildman–Crippen LogP) is 2.42. The lowest BCUT2D eigenvalue weighted by atomic mass is 10.3. The lowest BCUT2D eigenvalue weighted by Crippen LogP contribution is -1.98. The number of carbonyl (C=O) groups is 1. The Morgan fingerprint density at radius 2 is 2.12 bits per heavy atom. The Labute approximate surface area is 101 Å². The van der Waals surface area contributed by atoms with Crippen LogP contribution < -0.4 is 0 Å². The highest BCUT2D eigenvalue weighted by Gasteiger charge is 2.05. The first-order valence-electron chi connectivity index (χ1n) is 4.62. The largest absolute Gasteiger partial charge is 0.296 e. The monoisotopic (exact) mass is 277 g/mol. The van der Waals surface area contributed by atoms with Crippen molar-refractivity contribution in [2.24, 2.45) is 0 Å². The van der Waals surface area contributed by atoms with Crippen LogP contribution in [-0.2, 0) is 0 Å². The third-order valence-corrected chi connectivity index (χ3v) is 2.42. The van der Waals surface area contributed by atoms with Crippen LogP contribution in [0.2, 0.25) is 0 Å². The molecule has 80 valence electrons. The third-order valence-electron chi connectivity index (χ3n) is 1.95. The lowest BCUT2D eigenvalue weighted by Gasteiger charge is -2.01. The van der Waals surface area contributed by atoms with E-state index < -0.39 is 0 Å². The molecule has 5 heteroatoms. The van der Waals surface area contributed by atoms with E-state index in [2.05, 4.69) is 30.9 Å². The number of carbonyl (C=O) groups excluding carboxylic acids is 1. The number of rotatable bonds is 2. The summed E-state index contributed by atoms with van der Waals surface area (Å²) >= 11 is 3.30. The van der Waals surface area contributed by atoms with Gasteiger partial charge in [-0.25, -0.2) is 9.97 Å². The minimum atomic E-state index is 0.368. The van der Waals surface area contributed by atoms with Gasteiger partial charge >= 0.3 is 0 Å². The molecule has 2 heterocycles. The Morgan fingerprint density at radius 1 is 1.31 bits per heavy atom. The van der Waals surface area contributed by atoms with Gasteiger partial charge in [-0.15, -0.1) is 0 Å². The van der Waals surface area contributed by atoms with E-state index in [1.807, 2.05) is 13.0 Å². The summed E-state index contributed by atoms with van der Waals surface area (Å²) in [6, 6.07) is 5.29. The highest BCUT2D eigenvalue weighted by Crippen LogP contribution is 2.15. The first kappa shape index (κ1) is 10.9. The van der Waals surface area contributed by atoms with E-state index in [1.54, 1.807) is 18.3 Å². The van der Waals surface area contributed by atoms with E-state index in [9.17, 15) is 4.79 Å². The molecule has 2 rings (SSSR count). The highest BCUT2D eigenvalue weighted by atomic mass is 79.9. The molecule has 0 aliphatic rings. The van der Waals surface area contributed by atoms with E-state index in [-0.39, 0.29) is 0 Å². The maximum atomic E-state index is 10.7. The summed E-state index contributed by atoms with van der Waals surface area (Å²) < 4.78 is 0.888. The number of aldehydes is 1. The summed E-state index contributed by atoms with van der Waals surface area (Å²) in [6.45, 7) is 1.82. The summed E-state index contributed by atoms with van der Waals surface area (Å²) in [7, 11) is 0. The molecule has 0 unspecified atom stereocenters. The first-order chi connectivity index (χ1) is 7.69. The summed E-state index contributed by atoms with van der Waals surface area (Å²) in [6.07, 6.45) is 2.37. The van der Waals surface area contributed by atoms with Gasteiger partial charge in [0.15, 0.2) is 12.1 Å². The molecule has 0 atom stereocenters. The van der Waals surface area contributed by atoms with Crippen molar-refractivity contribution in [3.8, 4) is 11.5 Å². The Bertz CT molecular complexity index is 525. The quantitative estimate of drug-likeness (QED) is 0.791. The van der Waals surface area contributed by atoms with Crippen molar-refractivity contribution in [3.05, 3.63) is 40.3 Å². The number of hydrogen-bond acceptors (Lipinski definition) is 4. The van der Waals surface area contributed by atoms with Crippen LogP contribution in [-0.4, -0.2) is 21.2 Å². The smallest absolute Gasteiger partial charge is 0.179 e. The summed E-state index contributed by atoms with van der Waals surface area (Å²) in [4.78, 5) is 23.2. The van der Waals surface area contributed by atoms with Crippen molar-refractivity contribution in [3.63, 3.8) is 0 Å². The fraction of sp³-hybridized carbons (Fsp3) is 0.0909. The molecule has 0 aromatic carbocycles. The van der Waals surface area contributed by atoms with E-state index >= 15 is 0 Å². The minimum Gasteiger partial charge on any atom is -0.296 e. The number of nitrogens with zero attached hydrogens (tertiary/aromatic N) is 3. The Morgan fingerprint density at radius 3 is 2.75 bits per heavy atom. The standard InChI is InChI=1S/C11H8BrN3O/c1-7-4-9(6-16)15-11(14-7)10-3-2-8(12)5-13-10/h2-6H,1H3. The van der Waals surface area contributed by atoms with Gasteiger partial charge in [-0.1, -0.05) is 0 Å². The second-order valence-corrected chi connectivity index (χ2v) is 4.15. The third kappa shape index (κ3) is 2.30. The Balaban J connectivity index is 2.51. The second-order valence-electron chi connectivity index (χ2n) is 3.24. The van der Waals surface area contributed by atoms with Crippen LogP contribution in [0.3, 0.4) is 0 Å². The minimum absolute atomic E-state index is 0.368. The average molecular weight is 278 g/mol. The molecule has 0 saturated heterocycles. The van der Waals surface area contributed by atoms with Gasteiger partial charge in [-0.3, -0.25) is 9.78 Å². The Hall–Kier alpha value is -1.62. The zero-order chi connectivity index (χ0) is 11.5. The van der Waals surface area contributed by atoms with Crippen LogP contribution in [0.15, 0.2) is 28.9 Å². The summed E-state index contributed by atoms with van der Waals surface area (Å²) in [5, 5.41) is 0. The molecule has 0 aliphatic heterocycles. The van der Waals surface area contributed by atoms with Crippen LogP contribution in [0.1, 0.15) is 16.2 Å². The van der Waals surface area contributed by atoms with Crippen LogP contribution in [0.25, 0.3) is 11.5 Å². The molecule has 0 bridgehead atoms. The lowest BCUT2D eigenvalue weighted by molar-refractivity contribution is 0.111. The van der Waals surface area contributed by atoms with Crippen molar-refractivity contribution in [1.82, 2.24) is 15.0 Å². The molecule has 4 nitrogen and oxygen atoms in total. The predicted molar refractivity (Wildman–Crippen MR) is 63.1 cm³/mol. The van der Waals surface area contributed by atoms with Gasteiger partial charge < -0.3 is 0 Å². The van der Waals surface area contributed by atoms with Crippen molar-refractivity contribution in [2.45, 2.75) is 6.92 Å². The van der Waals surface area contributed by atoms with E-state index in [0.717, 1.165) is 10.2 Å². The molecular weight excluding hydrogens is 270 g/mol. The van der Waals surface area contributed by atoms with Gasteiger partial charge in [0.25, 0.3) is 0 Å². The van der Waals surface area contributed by atoms with Crippen molar-refractivity contribution < 1.29 is 4.79 Å². The molecule has 0 aliphatic carbocycles. The van der Waals surface area contributed by atoms with Gasteiger partial charge in [0, 0.05) is 16.4 Å².